The van der Waals surface area contributed by atoms with E-state index < -0.39 is 59.2 Å². The molecule has 1 aromatic carbocycles. The van der Waals surface area contributed by atoms with E-state index in [4.69, 9.17) is 20.4 Å². The van der Waals surface area contributed by atoms with Crippen molar-refractivity contribution in [3.63, 3.8) is 0 Å². The maximum absolute atomic E-state index is 11.3. The lowest BCUT2D eigenvalue weighted by molar-refractivity contribution is -0.206. The van der Waals surface area contributed by atoms with E-state index in [0.717, 1.165) is 0 Å². The molecule has 4 N–H and O–H groups in total. The lowest BCUT2D eigenvalue weighted by Gasteiger charge is -2.11. The smallest absolute Gasteiger partial charge is 0.478 e. The van der Waals surface area contributed by atoms with E-state index >= 15 is 0 Å². The molecule has 16 nitrogen and oxygen atoms in total. The molecule has 0 heterocycles. The monoisotopic (exact) mass is 406 g/mol. The third-order valence-electron chi connectivity index (χ3n) is 2.29. The Hall–Kier alpha value is -4.76. The van der Waals surface area contributed by atoms with Gasteiger partial charge in [-0.25, -0.2) is 29.0 Å². The highest BCUT2D eigenvalue weighted by Gasteiger charge is 2.26. The maximum Gasteiger partial charge on any atom is 0.555 e. The summed E-state index contributed by atoms with van der Waals surface area (Å²) in [5.41, 5.74) is -1.90. The molecule has 0 saturated carbocycles. The number of carboxylic acid groups (broad SMARTS) is 4. The number of aromatic carboxylic acids is 2. The normalized spacial score (nSPS) is 9.43. The third-order valence-corrected chi connectivity index (χ3v) is 2.29. The van der Waals surface area contributed by atoms with E-state index in [2.05, 4.69) is 29.0 Å². The van der Waals surface area contributed by atoms with E-state index in [-0.39, 0.29) is 0 Å². The Kier molecular flexibility index (Phi) is 6.90. The summed E-state index contributed by atoms with van der Waals surface area (Å²) in [6.07, 6.45) is -7.89. The van der Waals surface area contributed by atoms with E-state index in [1.165, 1.54) is 0 Å². The topological polar surface area (TPSA) is 239 Å². The van der Waals surface area contributed by atoms with Gasteiger partial charge in [0.25, 0.3) is 0 Å². The van der Waals surface area contributed by atoms with Gasteiger partial charge in [-0.1, -0.05) is 0 Å². The molecule has 0 aliphatic carbocycles. The maximum atomic E-state index is 11.3. The summed E-state index contributed by atoms with van der Waals surface area (Å²) in [4.78, 5) is 79.1. The van der Waals surface area contributed by atoms with Crippen molar-refractivity contribution >= 4 is 36.6 Å². The minimum absolute atomic E-state index is 0.395. The Morgan fingerprint density at radius 1 is 0.571 bits per heavy atom. The van der Waals surface area contributed by atoms with Crippen LogP contribution in [-0.4, -0.2) is 57.0 Å². The average molecular weight is 406 g/mol. The first-order valence-corrected chi connectivity index (χ1v) is 6.24. The highest BCUT2D eigenvalue weighted by Crippen LogP contribution is 2.30. The van der Waals surface area contributed by atoms with Gasteiger partial charge in [-0.2, -0.15) is 19.4 Å². The summed E-state index contributed by atoms with van der Waals surface area (Å²) < 4.78 is 8.66. The Morgan fingerprint density at radius 2 is 0.929 bits per heavy atom. The first-order chi connectivity index (χ1) is 13.0. The standard InChI is InChI=1S/C12H6O16/c13-7(14)3-1-4(8(15)16)6(24-12(22)28-26-10(19)20)2-5(3)23-11(21)27-25-9(17)18/h1-2H,(H,13,14)(H,15,16)(H,17,18)(H,19,20). The lowest BCUT2D eigenvalue weighted by Crippen LogP contribution is -2.18. The lowest BCUT2D eigenvalue weighted by atomic mass is 10.1. The fourth-order valence-electron chi connectivity index (χ4n) is 1.42. The Bertz CT molecular complexity index is 773. The molecular weight excluding hydrogens is 400 g/mol. The zero-order valence-corrected chi connectivity index (χ0v) is 12.8. The van der Waals surface area contributed by atoms with Crippen molar-refractivity contribution < 1.29 is 78.2 Å². The number of carboxylic acids is 2. The molecule has 16 heteroatoms. The number of rotatable bonds is 4. The minimum Gasteiger partial charge on any atom is -0.478 e. The summed E-state index contributed by atoms with van der Waals surface area (Å²) >= 11 is 0. The molecule has 1 aromatic rings. The zero-order valence-electron chi connectivity index (χ0n) is 12.8. The van der Waals surface area contributed by atoms with E-state index in [1.807, 2.05) is 0 Å². The van der Waals surface area contributed by atoms with Crippen LogP contribution in [0.5, 0.6) is 11.5 Å². The van der Waals surface area contributed by atoms with Crippen LogP contribution in [-0.2, 0) is 19.6 Å². The molecule has 0 amide bonds. The van der Waals surface area contributed by atoms with Gasteiger partial charge in [-0.3, -0.25) is 0 Å². The van der Waals surface area contributed by atoms with Gasteiger partial charge in [-0.05, 0) is 6.07 Å². The molecule has 1 rings (SSSR count). The van der Waals surface area contributed by atoms with Gasteiger partial charge < -0.3 is 29.9 Å². The van der Waals surface area contributed by atoms with E-state index in [1.54, 1.807) is 0 Å². The van der Waals surface area contributed by atoms with Crippen molar-refractivity contribution in [1.82, 2.24) is 0 Å². The number of hydrogen-bond acceptors (Lipinski definition) is 12. The second-order valence-electron chi connectivity index (χ2n) is 4.02. The van der Waals surface area contributed by atoms with Crippen molar-refractivity contribution in [3.05, 3.63) is 23.3 Å². The summed E-state index contributed by atoms with van der Waals surface area (Å²) in [6.45, 7) is 0. The average Bonchev–Trinajstić information content (AvgIpc) is 2.57. The SMILES string of the molecule is O=C(O)OOC(=O)Oc1cc(OC(=O)OOC(=O)O)c(C(=O)O)cc1C(=O)O. The fraction of sp³-hybridized carbons (Fsp3) is 0. The van der Waals surface area contributed by atoms with Gasteiger partial charge in [0.2, 0.25) is 0 Å². The molecule has 0 radical (unpaired) electrons. The van der Waals surface area contributed by atoms with Crippen molar-refractivity contribution in [2.45, 2.75) is 0 Å². The predicted molar refractivity (Wildman–Crippen MR) is 72.8 cm³/mol. The Balaban J connectivity index is 3.22. The van der Waals surface area contributed by atoms with Crippen LogP contribution in [0.1, 0.15) is 20.7 Å². The number of ether oxygens (including phenoxy) is 2. The number of carbonyl (C=O) groups excluding carboxylic acids is 2. The molecule has 0 unspecified atom stereocenters. The van der Waals surface area contributed by atoms with Gasteiger partial charge >= 0.3 is 36.6 Å². The number of carbonyl (C=O) groups is 6. The molecule has 0 bridgehead atoms. The predicted octanol–water partition coefficient (Wildman–Crippen LogP) is 1.33. The molecular formula is C12H6O16. The van der Waals surface area contributed by atoms with Crippen LogP contribution in [0, 0.1) is 0 Å². The highest BCUT2D eigenvalue weighted by atomic mass is 17.3. The number of hydrogen-bond donors (Lipinski definition) is 4. The van der Waals surface area contributed by atoms with Gasteiger partial charge in [0.05, 0.1) is 0 Å². The van der Waals surface area contributed by atoms with Crippen LogP contribution in [0.15, 0.2) is 12.1 Å². The quantitative estimate of drug-likeness (QED) is 0.238. The van der Waals surface area contributed by atoms with Gasteiger partial charge in [0.15, 0.2) is 11.5 Å². The summed E-state index contributed by atoms with van der Waals surface area (Å²) in [5, 5.41) is 34.4. The van der Waals surface area contributed by atoms with Crippen LogP contribution in [0.25, 0.3) is 0 Å². The van der Waals surface area contributed by atoms with Gasteiger partial charge in [0.1, 0.15) is 11.1 Å². The van der Waals surface area contributed by atoms with Gasteiger partial charge in [-0.15, -0.1) is 0 Å². The molecule has 0 atom stereocenters. The zero-order chi connectivity index (χ0) is 21.4. The Labute approximate surface area is 150 Å². The second kappa shape index (κ2) is 9.08. The second-order valence-corrected chi connectivity index (χ2v) is 4.02. The van der Waals surface area contributed by atoms with Crippen molar-refractivity contribution in [1.29, 1.82) is 0 Å². The molecule has 0 aromatic heterocycles. The minimum atomic E-state index is -2.05. The molecule has 0 saturated heterocycles. The van der Waals surface area contributed by atoms with Crippen molar-refractivity contribution in [2.75, 3.05) is 0 Å². The van der Waals surface area contributed by atoms with Crippen LogP contribution >= 0.6 is 0 Å². The molecule has 150 valence electrons. The van der Waals surface area contributed by atoms with Crippen LogP contribution in [0.2, 0.25) is 0 Å². The molecule has 28 heavy (non-hydrogen) atoms. The third kappa shape index (κ3) is 6.27. The Morgan fingerprint density at radius 3 is 1.21 bits per heavy atom. The molecule has 0 aliphatic rings. The highest BCUT2D eigenvalue weighted by molar-refractivity contribution is 5.98. The fourth-order valence-corrected chi connectivity index (χ4v) is 1.42. The van der Waals surface area contributed by atoms with Gasteiger partial charge in [0, 0.05) is 6.07 Å². The van der Waals surface area contributed by atoms with Crippen LogP contribution in [0.4, 0.5) is 19.2 Å². The summed E-state index contributed by atoms with van der Waals surface area (Å²) in [5.74, 6) is -5.57. The van der Waals surface area contributed by atoms with Crippen molar-refractivity contribution in [2.24, 2.45) is 0 Å². The molecule has 0 spiro atoms. The first kappa shape index (κ1) is 21.3. The van der Waals surface area contributed by atoms with Crippen LogP contribution < -0.4 is 9.47 Å². The summed E-state index contributed by atoms with van der Waals surface area (Å²) in [6, 6.07) is 0.795. The number of benzene rings is 1. The van der Waals surface area contributed by atoms with E-state index in [0.29, 0.717) is 12.1 Å². The van der Waals surface area contributed by atoms with Crippen LogP contribution in [0.3, 0.4) is 0 Å². The first-order valence-electron chi connectivity index (χ1n) is 6.24. The summed E-state index contributed by atoms with van der Waals surface area (Å²) in [7, 11) is 0. The van der Waals surface area contributed by atoms with E-state index in [9.17, 15) is 28.8 Å². The van der Waals surface area contributed by atoms with Crippen molar-refractivity contribution in [3.8, 4) is 11.5 Å². The largest absolute Gasteiger partial charge is 0.555 e. The molecule has 0 fully saturated rings. The molecule has 0 aliphatic heterocycles.